The van der Waals surface area contributed by atoms with Crippen molar-refractivity contribution >= 4 is 23.5 Å². The van der Waals surface area contributed by atoms with Crippen molar-refractivity contribution in [1.29, 1.82) is 0 Å². The number of hydrogen-bond acceptors (Lipinski definition) is 4. The summed E-state index contributed by atoms with van der Waals surface area (Å²) in [7, 11) is 0. The number of nitro groups is 1. The molecule has 0 fully saturated rings. The van der Waals surface area contributed by atoms with Crippen molar-refractivity contribution in [3.8, 4) is 0 Å². The summed E-state index contributed by atoms with van der Waals surface area (Å²) in [6.45, 7) is 0. The Kier molecular flexibility index (Phi) is 3.33. The molecule has 0 unspecified atom stereocenters. The van der Waals surface area contributed by atoms with E-state index in [0.29, 0.717) is 0 Å². The van der Waals surface area contributed by atoms with E-state index < -0.39 is 0 Å². The normalized spacial score (nSPS) is 15.3. The fourth-order valence-electron chi connectivity index (χ4n) is 1.34. The highest BCUT2D eigenvalue weighted by molar-refractivity contribution is 8.21. The zero-order valence-electron chi connectivity index (χ0n) is 7.88. The van der Waals surface area contributed by atoms with Crippen molar-refractivity contribution in [2.45, 2.75) is 11.5 Å². The highest BCUT2D eigenvalue weighted by Gasteiger charge is 2.13. The van der Waals surface area contributed by atoms with Crippen LogP contribution in [0.25, 0.3) is 0 Å². The Bertz CT molecular complexity index is 389. The number of benzene rings is 1. The lowest BCUT2D eigenvalue weighted by Crippen LogP contribution is -1.85. The molecule has 0 atom stereocenters. The predicted molar refractivity (Wildman–Crippen MR) is 64.1 cm³/mol. The van der Waals surface area contributed by atoms with Crippen LogP contribution in [0.15, 0.2) is 34.7 Å². The molecule has 1 aromatic carbocycles. The van der Waals surface area contributed by atoms with Gasteiger partial charge in [-0.15, -0.1) is 23.5 Å². The van der Waals surface area contributed by atoms with Gasteiger partial charge in [-0.3, -0.25) is 10.1 Å². The first-order valence-electron chi connectivity index (χ1n) is 4.43. The maximum absolute atomic E-state index is 10.4. The lowest BCUT2D eigenvalue weighted by atomic mass is 10.1. The van der Waals surface area contributed by atoms with Gasteiger partial charge in [0.05, 0.1) is 4.92 Å². The third-order valence-electron chi connectivity index (χ3n) is 2.07. The average molecular weight is 239 g/mol. The van der Waals surface area contributed by atoms with E-state index in [-0.39, 0.29) is 4.92 Å². The molecule has 0 N–H and O–H groups in total. The molecule has 0 saturated heterocycles. The number of fused-ring (bicyclic) bond motifs is 1. The van der Waals surface area contributed by atoms with Crippen LogP contribution in [0.3, 0.4) is 0 Å². The lowest BCUT2D eigenvalue weighted by Gasteiger charge is -2.01. The molecule has 78 valence electrons. The van der Waals surface area contributed by atoms with Crippen LogP contribution in [0, 0.1) is 10.1 Å². The molecular formula is C10H9NO2S2. The summed E-state index contributed by atoms with van der Waals surface area (Å²) in [6.07, 6.45) is 1.10. The molecule has 0 spiro atoms. The van der Waals surface area contributed by atoms with Gasteiger partial charge in [0, 0.05) is 11.5 Å². The number of thioether (sulfide) groups is 2. The molecule has 0 aliphatic carbocycles. The molecule has 3 nitrogen and oxygen atoms in total. The maximum Gasteiger partial charge on any atom is 0.254 e. The largest absolute Gasteiger partial charge is 0.259 e. The molecule has 15 heavy (non-hydrogen) atoms. The zero-order valence-corrected chi connectivity index (χ0v) is 9.51. The molecule has 1 aliphatic rings. The van der Waals surface area contributed by atoms with E-state index in [1.54, 1.807) is 0 Å². The molecule has 5 heteroatoms. The van der Waals surface area contributed by atoms with Crippen LogP contribution >= 0.6 is 23.5 Å². The molecule has 2 rings (SSSR count). The van der Waals surface area contributed by atoms with E-state index in [2.05, 4.69) is 12.1 Å². The smallest absolute Gasteiger partial charge is 0.254 e. The van der Waals surface area contributed by atoms with Gasteiger partial charge in [0.25, 0.3) is 6.20 Å². The fraction of sp³-hybridized carbons (Fsp3) is 0.200. The number of nitrogens with zero attached hydrogens (tertiary/aromatic N) is 1. The third kappa shape index (κ3) is 2.76. The first-order chi connectivity index (χ1) is 7.25. The van der Waals surface area contributed by atoms with Gasteiger partial charge in [0.15, 0.2) is 0 Å². The van der Waals surface area contributed by atoms with Gasteiger partial charge in [-0.05, 0) is 11.1 Å². The minimum absolute atomic E-state index is 0.384. The van der Waals surface area contributed by atoms with Crippen molar-refractivity contribution in [1.82, 2.24) is 0 Å². The van der Waals surface area contributed by atoms with Crippen molar-refractivity contribution in [3.63, 3.8) is 0 Å². The van der Waals surface area contributed by atoms with Crippen LogP contribution in [0.1, 0.15) is 11.1 Å². The van der Waals surface area contributed by atoms with E-state index in [9.17, 15) is 10.1 Å². The Morgan fingerprint density at radius 3 is 2.20 bits per heavy atom. The fourth-order valence-corrected chi connectivity index (χ4v) is 3.51. The van der Waals surface area contributed by atoms with E-state index in [4.69, 9.17) is 0 Å². The van der Waals surface area contributed by atoms with Gasteiger partial charge in [0.2, 0.25) is 0 Å². The molecule has 0 radical (unpaired) electrons. The standard InChI is InChI=1S/C10H9NO2S2/c12-11(13)5-10-14-6-8-3-1-2-4-9(8)7-15-10/h1-5H,6-7H2. The van der Waals surface area contributed by atoms with Gasteiger partial charge in [-0.2, -0.15) is 0 Å². The SMILES string of the molecule is O=[N+]([O-])C=C1SCc2ccccc2CS1. The van der Waals surface area contributed by atoms with Gasteiger partial charge in [-0.1, -0.05) is 24.3 Å². The van der Waals surface area contributed by atoms with Gasteiger partial charge < -0.3 is 0 Å². The Morgan fingerprint density at radius 2 is 1.73 bits per heavy atom. The quantitative estimate of drug-likeness (QED) is 0.557. The minimum Gasteiger partial charge on any atom is -0.259 e. The molecule has 0 saturated carbocycles. The highest BCUT2D eigenvalue weighted by atomic mass is 32.2. The van der Waals surface area contributed by atoms with Crippen molar-refractivity contribution in [2.24, 2.45) is 0 Å². The van der Waals surface area contributed by atoms with Crippen LogP contribution in [-0.4, -0.2) is 4.92 Å². The lowest BCUT2D eigenvalue weighted by molar-refractivity contribution is -0.402. The number of hydrogen-bond donors (Lipinski definition) is 0. The Hall–Kier alpha value is -0.940. The van der Waals surface area contributed by atoms with Crippen molar-refractivity contribution in [2.75, 3.05) is 0 Å². The second kappa shape index (κ2) is 4.72. The predicted octanol–water partition coefficient (Wildman–Crippen LogP) is 3.24. The van der Waals surface area contributed by atoms with Crippen molar-refractivity contribution in [3.05, 3.63) is 55.9 Å². The topological polar surface area (TPSA) is 43.1 Å². The average Bonchev–Trinajstić information content (AvgIpc) is 2.41. The summed E-state index contributed by atoms with van der Waals surface area (Å²) < 4.78 is 0.788. The second-order valence-corrected chi connectivity index (χ2v) is 5.37. The van der Waals surface area contributed by atoms with E-state index >= 15 is 0 Å². The van der Waals surface area contributed by atoms with Crippen LogP contribution in [-0.2, 0) is 11.5 Å². The monoisotopic (exact) mass is 239 g/mol. The second-order valence-electron chi connectivity index (χ2n) is 3.08. The first kappa shape index (κ1) is 10.6. The summed E-state index contributed by atoms with van der Waals surface area (Å²) in [5.74, 6) is 1.64. The zero-order chi connectivity index (χ0) is 10.7. The molecule has 1 aliphatic heterocycles. The Labute approximate surface area is 96.1 Å². The van der Waals surface area contributed by atoms with Crippen LogP contribution in [0.5, 0.6) is 0 Å². The molecule has 0 bridgehead atoms. The van der Waals surface area contributed by atoms with Crippen LogP contribution in [0.2, 0.25) is 0 Å². The summed E-state index contributed by atoms with van der Waals surface area (Å²) in [4.78, 5) is 9.97. The highest BCUT2D eigenvalue weighted by Crippen LogP contribution is 2.38. The molecule has 0 aromatic heterocycles. The molecule has 1 heterocycles. The number of rotatable bonds is 1. The maximum atomic E-state index is 10.4. The summed E-state index contributed by atoms with van der Waals surface area (Å²) in [6, 6.07) is 8.18. The molecule has 1 aromatic rings. The van der Waals surface area contributed by atoms with Gasteiger partial charge in [-0.25, -0.2) is 0 Å². The van der Waals surface area contributed by atoms with E-state index in [1.165, 1.54) is 34.7 Å². The van der Waals surface area contributed by atoms with Gasteiger partial charge >= 0.3 is 0 Å². The summed E-state index contributed by atoms with van der Waals surface area (Å²) in [5, 5.41) is 10.4. The minimum atomic E-state index is -0.384. The van der Waals surface area contributed by atoms with Crippen LogP contribution < -0.4 is 0 Å². The molecular weight excluding hydrogens is 230 g/mol. The van der Waals surface area contributed by atoms with E-state index in [0.717, 1.165) is 21.9 Å². The third-order valence-corrected chi connectivity index (χ3v) is 4.47. The first-order valence-corrected chi connectivity index (χ1v) is 6.40. The summed E-state index contributed by atoms with van der Waals surface area (Å²) >= 11 is 3.07. The summed E-state index contributed by atoms with van der Waals surface area (Å²) in [5.41, 5.74) is 2.56. The molecule has 0 amide bonds. The van der Waals surface area contributed by atoms with Gasteiger partial charge in [0.1, 0.15) is 4.24 Å². The Morgan fingerprint density at radius 1 is 1.20 bits per heavy atom. The Balaban J connectivity index is 2.19. The van der Waals surface area contributed by atoms with Crippen LogP contribution in [0.4, 0.5) is 0 Å². The van der Waals surface area contributed by atoms with E-state index in [1.807, 2.05) is 12.1 Å². The van der Waals surface area contributed by atoms with Crippen molar-refractivity contribution < 1.29 is 4.92 Å².